The van der Waals surface area contributed by atoms with Gasteiger partial charge in [-0.3, -0.25) is 14.6 Å². The summed E-state index contributed by atoms with van der Waals surface area (Å²) in [4.78, 5) is 31.1. The number of ether oxygens (including phenoxy) is 2. The Kier molecular flexibility index (Phi) is 5.67. The van der Waals surface area contributed by atoms with Crippen molar-refractivity contribution in [3.63, 3.8) is 0 Å². The van der Waals surface area contributed by atoms with E-state index in [4.69, 9.17) is 14.6 Å². The van der Waals surface area contributed by atoms with Crippen molar-refractivity contribution in [1.29, 1.82) is 0 Å². The predicted molar refractivity (Wildman–Crippen MR) is 84.0 cm³/mol. The van der Waals surface area contributed by atoms with Gasteiger partial charge in [0, 0.05) is 12.4 Å². The first-order chi connectivity index (χ1) is 11.5. The van der Waals surface area contributed by atoms with Gasteiger partial charge in [0.1, 0.15) is 5.69 Å². The van der Waals surface area contributed by atoms with Crippen LogP contribution in [0.1, 0.15) is 28.5 Å². The summed E-state index contributed by atoms with van der Waals surface area (Å²) < 4.78 is 10.4. The first-order valence-corrected chi connectivity index (χ1v) is 7.05. The molecule has 1 atom stereocenters. The van der Waals surface area contributed by atoms with Gasteiger partial charge in [0.05, 0.1) is 32.9 Å². The molecule has 2 rings (SSSR count). The maximum absolute atomic E-state index is 12.2. The molecule has 2 aromatic rings. The van der Waals surface area contributed by atoms with Crippen molar-refractivity contribution in [2.24, 2.45) is 0 Å². The molecule has 8 heteroatoms. The topological polar surface area (TPSA) is 111 Å². The average Bonchev–Trinajstić information content (AvgIpc) is 2.60. The number of hydrogen-bond acceptors (Lipinski definition) is 6. The van der Waals surface area contributed by atoms with Crippen LogP contribution in [0.25, 0.3) is 0 Å². The number of rotatable bonds is 7. The van der Waals surface area contributed by atoms with E-state index in [-0.39, 0.29) is 12.1 Å². The monoisotopic (exact) mass is 331 g/mol. The molecule has 1 heterocycles. The lowest BCUT2D eigenvalue weighted by molar-refractivity contribution is -0.137. The van der Waals surface area contributed by atoms with E-state index in [1.54, 1.807) is 18.2 Å². The Morgan fingerprint density at radius 3 is 2.54 bits per heavy atom. The SMILES string of the molecule is COc1ccc([C@H](CC(=O)O)NC(=O)c2cnccn2)cc1OC. The number of nitrogens with one attached hydrogen (secondary N) is 1. The maximum atomic E-state index is 12.2. The Morgan fingerprint density at radius 2 is 1.96 bits per heavy atom. The molecular weight excluding hydrogens is 314 g/mol. The van der Waals surface area contributed by atoms with Crippen LogP contribution in [-0.2, 0) is 4.79 Å². The number of aliphatic carboxylic acids is 1. The molecule has 2 N–H and O–H groups in total. The predicted octanol–water partition coefficient (Wildman–Crippen LogP) is 1.44. The molecule has 0 spiro atoms. The minimum Gasteiger partial charge on any atom is -0.493 e. The molecule has 0 saturated heterocycles. The molecule has 0 aliphatic rings. The molecule has 8 nitrogen and oxygen atoms in total. The van der Waals surface area contributed by atoms with Crippen LogP contribution in [0.4, 0.5) is 0 Å². The van der Waals surface area contributed by atoms with Gasteiger partial charge in [-0.2, -0.15) is 0 Å². The number of carboxylic acids is 1. The summed E-state index contributed by atoms with van der Waals surface area (Å²) in [6, 6.07) is 4.20. The highest BCUT2D eigenvalue weighted by molar-refractivity contribution is 5.92. The van der Waals surface area contributed by atoms with Crippen LogP contribution in [0, 0.1) is 0 Å². The molecular formula is C16H17N3O5. The fourth-order valence-corrected chi connectivity index (χ4v) is 2.14. The second-order valence-electron chi connectivity index (χ2n) is 4.83. The highest BCUT2D eigenvalue weighted by atomic mass is 16.5. The molecule has 24 heavy (non-hydrogen) atoms. The molecule has 1 amide bonds. The highest BCUT2D eigenvalue weighted by Crippen LogP contribution is 2.31. The van der Waals surface area contributed by atoms with E-state index in [2.05, 4.69) is 15.3 Å². The van der Waals surface area contributed by atoms with Crippen molar-refractivity contribution in [2.75, 3.05) is 14.2 Å². The number of carbonyl (C=O) groups is 2. The van der Waals surface area contributed by atoms with E-state index < -0.39 is 17.9 Å². The van der Waals surface area contributed by atoms with Crippen LogP contribution in [-0.4, -0.2) is 41.2 Å². The van der Waals surface area contributed by atoms with Crippen molar-refractivity contribution < 1.29 is 24.2 Å². The molecule has 1 aromatic carbocycles. The fourth-order valence-electron chi connectivity index (χ4n) is 2.14. The van der Waals surface area contributed by atoms with Gasteiger partial charge >= 0.3 is 5.97 Å². The Morgan fingerprint density at radius 1 is 1.21 bits per heavy atom. The third-order valence-corrected chi connectivity index (χ3v) is 3.29. The number of benzene rings is 1. The van der Waals surface area contributed by atoms with Gasteiger partial charge in [-0.15, -0.1) is 0 Å². The molecule has 0 saturated carbocycles. The summed E-state index contributed by atoms with van der Waals surface area (Å²) in [5, 5.41) is 11.8. The third kappa shape index (κ3) is 4.19. The minimum atomic E-state index is -1.05. The zero-order valence-electron chi connectivity index (χ0n) is 13.2. The van der Waals surface area contributed by atoms with Crippen molar-refractivity contribution in [3.8, 4) is 11.5 Å². The lowest BCUT2D eigenvalue weighted by Gasteiger charge is -2.18. The van der Waals surface area contributed by atoms with E-state index in [1.807, 2.05) is 0 Å². The largest absolute Gasteiger partial charge is 0.493 e. The van der Waals surface area contributed by atoms with Gasteiger partial charge in [-0.05, 0) is 17.7 Å². The number of nitrogens with zero attached hydrogens (tertiary/aromatic N) is 2. The van der Waals surface area contributed by atoms with Crippen LogP contribution in [0.5, 0.6) is 11.5 Å². The number of aromatic nitrogens is 2. The zero-order chi connectivity index (χ0) is 17.5. The van der Waals surface area contributed by atoms with Crippen molar-refractivity contribution in [3.05, 3.63) is 48.0 Å². The third-order valence-electron chi connectivity index (χ3n) is 3.29. The number of amides is 1. The van der Waals surface area contributed by atoms with Gasteiger partial charge in [0.15, 0.2) is 11.5 Å². The fraction of sp³-hybridized carbons (Fsp3) is 0.250. The number of carboxylic acid groups (broad SMARTS) is 1. The van der Waals surface area contributed by atoms with Crippen molar-refractivity contribution >= 4 is 11.9 Å². The molecule has 0 fully saturated rings. The zero-order valence-corrected chi connectivity index (χ0v) is 13.2. The molecule has 1 aromatic heterocycles. The van der Waals surface area contributed by atoms with Crippen molar-refractivity contribution in [2.45, 2.75) is 12.5 Å². The van der Waals surface area contributed by atoms with E-state index >= 15 is 0 Å². The summed E-state index contributed by atoms with van der Waals surface area (Å²) in [5.74, 6) is -0.604. The first kappa shape index (κ1) is 17.2. The Bertz CT molecular complexity index is 721. The summed E-state index contributed by atoms with van der Waals surface area (Å²) in [6.45, 7) is 0. The average molecular weight is 331 g/mol. The number of hydrogen-bond donors (Lipinski definition) is 2. The normalized spacial score (nSPS) is 11.4. The summed E-state index contributed by atoms with van der Waals surface area (Å²) in [6.07, 6.45) is 3.85. The standard InChI is InChI=1S/C16H17N3O5/c1-23-13-4-3-10(7-14(13)24-2)11(8-15(20)21)19-16(22)12-9-17-5-6-18-12/h3-7,9,11H,8H2,1-2H3,(H,19,22)(H,20,21)/t11-/m0/s1. The smallest absolute Gasteiger partial charge is 0.305 e. The van der Waals surface area contributed by atoms with Crippen LogP contribution >= 0.6 is 0 Å². The lowest BCUT2D eigenvalue weighted by atomic mass is 10.0. The van der Waals surface area contributed by atoms with Gasteiger partial charge in [-0.1, -0.05) is 6.07 Å². The van der Waals surface area contributed by atoms with E-state index in [0.29, 0.717) is 17.1 Å². The number of methoxy groups -OCH3 is 2. The Hall–Kier alpha value is -3.16. The first-order valence-electron chi connectivity index (χ1n) is 7.05. The second-order valence-corrected chi connectivity index (χ2v) is 4.83. The summed E-state index contributed by atoms with van der Waals surface area (Å²) >= 11 is 0. The van der Waals surface area contributed by atoms with Gasteiger partial charge in [-0.25, -0.2) is 4.98 Å². The summed E-state index contributed by atoms with van der Waals surface area (Å²) in [7, 11) is 2.98. The van der Waals surface area contributed by atoms with Gasteiger partial charge < -0.3 is 19.9 Å². The second kappa shape index (κ2) is 7.91. The van der Waals surface area contributed by atoms with Crippen molar-refractivity contribution in [1.82, 2.24) is 15.3 Å². The Balaban J connectivity index is 2.28. The van der Waals surface area contributed by atoms with E-state index in [0.717, 1.165) is 0 Å². The van der Waals surface area contributed by atoms with E-state index in [1.165, 1.54) is 32.8 Å². The van der Waals surface area contributed by atoms with Crippen LogP contribution in [0.2, 0.25) is 0 Å². The quantitative estimate of drug-likeness (QED) is 0.789. The van der Waals surface area contributed by atoms with Crippen LogP contribution in [0.3, 0.4) is 0 Å². The highest BCUT2D eigenvalue weighted by Gasteiger charge is 2.21. The Labute approximate surface area is 138 Å². The molecule has 0 bridgehead atoms. The summed E-state index contributed by atoms with van der Waals surface area (Å²) in [5.41, 5.74) is 0.681. The van der Waals surface area contributed by atoms with Gasteiger partial charge in [0.25, 0.3) is 5.91 Å². The van der Waals surface area contributed by atoms with Crippen LogP contribution < -0.4 is 14.8 Å². The molecule has 0 unspecified atom stereocenters. The van der Waals surface area contributed by atoms with Gasteiger partial charge in [0.2, 0.25) is 0 Å². The molecule has 0 aliphatic heterocycles. The number of carbonyl (C=O) groups excluding carboxylic acids is 1. The maximum Gasteiger partial charge on any atom is 0.305 e. The minimum absolute atomic E-state index is 0.105. The van der Waals surface area contributed by atoms with Crippen LogP contribution in [0.15, 0.2) is 36.8 Å². The molecule has 0 radical (unpaired) electrons. The molecule has 126 valence electrons. The lowest BCUT2D eigenvalue weighted by Crippen LogP contribution is -2.30. The molecule has 0 aliphatic carbocycles. The van der Waals surface area contributed by atoms with E-state index in [9.17, 15) is 9.59 Å².